The van der Waals surface area contributed by atoms with Gasteiger partial charge in [-0.15, -0.1) is 22.7 Å². The fourth-order valence-corrected chi connectivity index (χ4v) is 6.54. The monoisotopic (exact) mass is 547 g/mol. The first kappa shape index (κ1) is 21.1. The fraction of sp³-hybridized carbons (Fsp3) is 0.250. The number of para-hydroxylation sites is 1. The van der Waals surface area contributed by atoms with Gasteiger partial charge in [-0.25, -0.2) is 0 Å². The Bertz CT molecular complexity index is 1060. The molecule has 3 heterocycles. The summed E-state index contributed by atoms with van der Waals surface area (Å²) in [5.41, 5.74) is 6.61. The Morgan fingerprint density at radius 3 is 1.45 bits per heavy atom. The van der Waals surface area contributed by atoms with Crippen molar-refractivity contribution in [3.8, 4) is 26.8 Å². The van der Waals surface area contributed by atoms with Crippen molar-refractivity contribution in [3.05, 3.63) is 73.3 Å². The quantitative estimate of drug-likeness (QED) is 0.234. The third-order valence-electron chi connectivity index (χ3n) is 5.10. The lowest BCUT2D eigenvalue weighted by Gasteiger charge is -2.24. The van der Waals surface area contributed by atoms with Crippen LogP contribution in [0.25, 0.3) is 26.8 Å². The zero-order valence-corrected chi connectivity index (χ0v) is 21.7. The number of hydrogen-bond acceptors (Lipinski definition) is 2. The van der Waals surface area contributed by atoms with E-state index in [0.29, 0.717) is 11.8 Å². The maximum Gasteiger partial charge on any atom is 0.0705 e. The average Bonchev–Trinajstić information content (AvgIpc) is 3.39. The van der Waals surface area contributed by atoms with Crippen LogP contribution in [0.2, 0.25) is 0 Å². The van der Waals surface area contributed by atoms with Crippen molar-refractivity contribution >= 4 is 54.5 Å². The van der Waals surface area contributed by atoms with E-state index < -0.39 is 0 Å². The van der Waals surface area contributed by atoms with Gasteiger partial charge in [0.05, 0.1) is 34.4 Å². The van der Waals surface area contributed by atoms with Crippen molar-refractivity contribution < 1.29 is 0 Å². The number of benzene rings is 1. The van der Waals surface area contributed by atoms with Gasteiger partial charge in [-0.1, -0.05) is 45.9 Å². The van der Waals surface area contributed by atoms with Crippen LogP contribution >= 0.6 is 54.5 Å². The smallest absolute Gasteiger partial charge is 0.0705 e. The maximum absolute atomic E-state index is 3.65. The van der Waals surface area contributed by atoms with Crippen LogP contribution in [0.15, 0.2) is 62.2 Å². The predicted octanol–water partition coefficient (Wildman–Crippen LogP) is 9.71. The summed E-state index contributed by atoms with van der Waals surface area (Å²) in [6, 6.07) is 20.0. The van der Waals surface area contributed by atoms with E-state index in [9.17, 15) is 0 Å². The molecule has 0 spiro atoms. The highest BCUT2D eigenvalue weighted by molar-refractivity contribution is 9.11. The molecule has 0 aliphatic rings. The van der Waals surface area contributed by atoms with Crippen LogP contribution in [-0.2, 0) is 0 Å². The van der Waals surface area contributed by atoms with E-state index in [1.54, 1.807) is 22.7 Å². The summed E-state index contributed by atoms with van der Waals surface area (Å²) in [5.74, 6) is 0.883. The lowest BCUT2D eigenvalue weighted by Crippen LogP contribution is -2.09. The summed E-state index contributed by atoms with van der Waals surface area (Å²) in [5, 5.41) is 0. The van der Waals surface area contributed by atoms with Gasteiger partial charge in [0.25, 0.3) is 0 Å². The van der Waals surface area contributed by atoms with Gasteiger partial charge in [0.1, 0.15) is 0 Å². The van der Waals surface area contributed by atoms with Crippen molar-refractivity contribution in [1.82, 2.24) is 4.57 Å². The molecular formula is C24H23Br2NS2. The van der Waals surface area contributed by atoms with Crippen LogP contribution in [0.5, 0.6) is 0 Å². The number of halogens is 2. The van der Waals surface area contributed by atoms with Gasteiger partial charge in [0.15, 0.2) is 0 Å². The molecule has 0 aliphatic heterocycles. The highest BCUT2D eigenvalue weighted by Crippen LogP contribution is 2.43. The first-order valence-corrected chi connectivity index (χ1v) is 12.9. The van der Waals surface area contributed by atoms with Crippen molar-refractivity contribution in [2.24, 2.45) is 0 Å². The first-order chi connectivity index (χ1) is 13.9. The Labute approximate surface area is 197 Å². The molecule has 0 aliphatic carbocycles. The lowest BCUT2D eigenvalue weighted by atomic mass is 9.92. The van der Waals surface area contributed by atoms with Crippen LogP contribution in [0, 0.1) is 0 Å². The van der Waals surface area contributed by atoms with Crippen molar-refractivity contribution in [3.63, 3.8) is 0 Å². The van der Waals surface area contributed by atoms with Crippen LogP contribution < -0.4 is 0 Å². The average molecular weight is 549 g/mol. The van der Waals surface area contributed by atoms with E-state index in [4.69, 9.17) is 0 Å². The van der Waals surface area contributed by atoms with Crippen LogP contribution in [0.3, 0.4) is 0 Å². The molecule has 0 fully saturated rings. The van der Waals surface area contributed by atoms with E-state index in [1.165, 1.54) is 38.0 Å². The molecule has 1 nitrogen and oxygen atoms in total. The molecule has 0 saturated carbocycles. The third-order valence-corrected chi connectivity index (χ3v) is 8.39. The molecule has 1 aromatic carbocycles. The van der Waals surface area contributed by atoms with E-state index in [1.807, 2.05) is 0 Å². The molecular weight excluding hydrogens is 526 g/mol. The van der Waals surface area contributed by atoms with Gasteiger partial charge >= 0.3 is 0 Å². The van der Waals surface area contributed by atoms with Gasteiger partial charge in [-0.3, -0.25) is 0 Å². The molecule has 0 N–H and O–H groups in total. The van der Waals surface area contributed by atoms with Crippen molar-refractivity contribution in [1.29, 1.82) is 0 Å². The Balaban J connectivity index is 2.08. The molecule has 0 saturated heterocycles. The summed E-state index contributed by atoms with van der Waals surface area (Å²) in [7, 11) is 0. The fourth-order valence-electron chi connectivity index (χ4n) is 3.74. The summed E-state index contributed by atoms with van der Waals surface area (Å²) in [6.45, 7) is 9.15. The molecule has 3 aromatic heterocycles. The molecule has 0 amide bonds. The second-order valence-electron chi connectivity index (χ2n) is 7.74. The number of rotatable bonds is 5. The molecule has 0 radical (unpaired) electrons. The highest BCUT2D eigenvalue weighted by atomic mass is 79.9. The number of thiophene rings is 2. The first-order valence-electron chi connectivity index (χ1n) is 9.73. The molecule has 0 atom stereocenters. The Morgan fingerprint density at radius 1 is 0.655 bits per heavy atom. The van der Waals surface area contributed by atoms with E-state index in [-0.39, 0.29) is 0 Å². The number of aromatic nitrogens is 1. The van der Waals surface area contributed by atoms with Crippen molar-refractivity contribution in [2.45, 2.75) is 39.5 Å². The zero-order valence-electron chi connectivity index (χ0n) is 16.9. The minimum absolute atomic E-state index is 0.442. The number of hydrogen-bond donors (Lipinski definition) is 0. The SMILES string of the molecule is CC(C)c1cccc(C(C)C)c1-n1c(-c2ccc(Br)s2)ccc1-c1ccc(Br)s1. The van der Waals surface area contributed by atoms with E-state index >= 15 is 0 Å². The summed E-state index contributed by atoms with van der Waals surface area (Å²) >= 11 is 10.9. The minimum atomic E-state index is 0.442. The molecule has 150 valence electrons. The van der Waals surface area contributed by atoms with Gasteiger partial charge in [-0.2, -0.15) is 0 Å². The molecule has 29 heavy (non-hydrogen) atoms. The summed E-state index contributed by atoms with van der Waals surface area (Å²) < 4.78 is 4.80. The maximum atomic E-state index is 3.65. The third kappa shape index (κ3) is 4.07. The zero-order chi connectivity index (χ0) is 20.7. The van der Waals surface area contributed by atoms with Gasteiger partial charge in [0.2, 0.25) is 0 Å². The Morgan fingerprint density at radius 2 is 1.10 bits per heavy atom. The largest absolute Gasteiger partial charge is 0.307 e. The minimum Gasteiger partial charge on any atom is -0.307 e. The molecule has 5 heteroatoms. The van der Waals surface area contributed by atoms with E-state index in [0.717, 1.165) is 7.57 Å². The number of nitrogens with zero attached hydrogens (tertiary/aromatic N) is 1. The van der Waals surface area contributed by atoms with E-state index in [2.05, 4.69) is 119 Å². The second-order valence-corrected chi connectivity index (χ2v) is 12.7. The van der Waals surface area contributed by atoms with Gasteiger partial charge in [-0.05, 0) is 91.2 Å². The van der Waals surface area contributed by atoms with Gasteiger partial charge < -0.3 is 4.57 Å². The highest BCUT2D eigenvalue weighted by Gasteiger charge is 2.22. The topological polar surface area (TPSA) is 4.93 Å². The summed E-state index contributed by atoms with van der Waals surface area (Å²) in [4.78, 5) is 2.54. The van der Waals surface area contributed by atoms with Crippen LogP contribution in [0.4, 0.5) is 0 Å². The van der Waals surface area contributed by atoms with Crippen LogP contribution in [-0.4, -0.2) is 4.57 Å². The van der Waals surface area contributed by atoms with Crippen molar-refractivity contribution in [2.75, 3.05) is 0 Å². The Kier molecular flexibility index (Phi) is 6.22. The lowest BCUT2D eigenvalue weighted by molar-refractivity contribution is 0.809. The normalized spacial score (nSPS) is 11.7. The van der Waals surface area contributed by atoms with Gasteiger partial charge in [0, 0.05) is 0 Å². The molecule has 4 aromatic rings. The molecule has 0 bridgehead atoms. The standard InChI is InChI=1S/C24H23Br2NS2/c1-14(2)16-6-5-7-17(15(3)4)24(16)27-18(20-10-12-22(25)28-20)8-9-19(27)21-11-13-23(26)29-21/h5-15H,1-4H3. The molecule has 4 rings (SSSR count). The molecule has 0 unspecified atom stereocenters. The predicted molar refractivity (Wildman–Crippen MR) is 136 cm³/mol. The Hall–Kier alpha value is -1.14. The van der Waals surface area contributed by atoms with Crippen LogP contribution in [0.1, 0.15) is 50.7 Å². The second kappa shape index (κ2) is 8.54. The summed E-state index contributed by atoms with van der Waals surface area (Å²) in [6.07, 6.45) is 0.